The van der Waals surface area contributed by atoms with Crippen LogP contribution in [-0.2, 0) is 17.8 Å². The third kappa shape index (κ3) is 3.62. The highest BCUT2D eigenvalue weighted by Crippen LogP contribution is 2.35. The van der Waals surface area contributed by atoms with Crippen LogP contribution in [0.25, 0.3) is 17.2 Å². The molecule has 0 bridgehead atoms. The number of thiazole rings is 1. The molecule has 4 aromatic rings. The third-order valence-corrected chi connectivity index (χ3v) is 7.08. The van der Waals surface area contributed by atoms with Gasteiger partial charge in [0.1, 0.15) is 6.04 Å². The molecule has 2 amide bonds. The zero-order valence-electron chi connectivity index (χ0n) is 18.3. The summed E-state index contributed by atoms with van der Waals surface area (Å²) >= 11 is 1.35. The van der Waals surface area contributed by atoms with E-state index in [0.717, 1.165) is 28.7 Å². The Balaban J connectivity index is 1.33. The number of nitrogens with zero attached hydrogens (tertiary/aromatic N) is 2. The van der Waals surface area contributed by atoms with Crippen LogP contribution in [0.2, 0.25) is 0 Å². The summed E-state index contributed by atoms with van der Waals surface area (Å²) in [6.07, 6.45) is 6.89. The zero-order valence-corrected chi connectivity index (χ0v) is 19.1. The molecule has 34 heavy (non-hydrogen) atoms. The summed E-state index contributed by atoms with van der Waals surface area (Å²) in [4.78, 5) is 32.8. The molecule has 5 nitrogen and oxygen atoms in total. The molecule has 0 radical (unpaired) electrons. The molecule has 6 rings (SSSR count). The van der Waals surface area contributed by atoms with Gasteiger partial charge in [0.2, 0.25) is 0 Å². The topological polar surface area (TPSA) is 62.3 Å². The van der Waals surface area contributed by atoms with Crippen molar-refractivity contribution in [1.82, 2.24) is 9.88 Å². The van der Waals surface area contributed by atoms with Gasteiger partial charge in [0.05, 0.1) is 0 Å². The number of allylic oxidation sites excluding steroid dienone is 1. The number of benzene rings is 3. The van der Waals surface area contributed by atoms with Crippen molar-refractivity contribution in [2.24, 2.45) is 0 Å². The molecule has 2 heterocycles. The molecular weight excluding hydrogens is 442 g/mol. The van der Waals surface area contributed by atoms with E-state index in [0.29, 0.717) is 17.2 Å². The van der Waals surface area contributed by atoms with Crippen molar-refractivity contribution in [2.45, 2.75) is 19.0 Å². The lowest BCUT2D eigenvalue weighted by Crippen LogP contribution is -2.37. The van der Waals surface area contributed by atoms with Crippen molar-refractivity contribution < 1.29 is 9.59 Å². The van der Waals surface area contributed by atoms with Crippen molar-refractivity contribution in [1.29, 1.82) is 0 Å². The molecule has 166 valence electrons. The van der Waals surface area contributed by atoms with Crippen molar-refractivity contribution in [2.75, 3.05) is 5.32 Å². The summed E-state index contributed by atoms with van der Waals surface area (Å²) in [6, 6.07) is 21.1. The monoisotopic (exact) mass is 463 g/mol. The minimum atomic E-state index is -0.750. The molecule has 1 N–H and O–H groups in total. The highest BCUT2D eigenvalue weighted by molar-refractivity contribution is 7.13. The summed E-state index contributed by atoms with van der Waals surface area (Å²) in [7, 11) is 0. The Labute approximate surface area is 201 Å². The lowest BCUT2D eigenvalue weighted by Gasteiger charge is -2.27. The van der Waals surface area contributed by atoms with Crippen molar-refractivity contribution in [3.63, 3.8) is 0 Å². The highest BCUT2D eigenvalue weighted by Gasteiger charge is 2.37. The Morgan fingerprint density at radius 2 is 1.82 bits per heavy atom. The van der Waals surface area contributed by atoms with E-state index in [1.165, 1.54) is 22.5 Å². The average molecular weight is 464 g/mol. The predicted octanol–water partition coefficient (Wildman–Crippen LogP) is 5.72. The van der Waals surface area contributed by atoms with Gasteiger partial charge in [-0.2, -0.15) is 0 Å². The average Bonchev–Trinajstić information content (AvgIpc) is 3.61. The second-order valence-corrected chi connectivity index (χ2v) is 9.36. The third-order valence-electron chi connectivity index (χ3n) is 6.39. The first-order valence-electron chi connectivity index (χ1n) is 11.2. The van der Waals surface area contributed by atoms with E-state index in [-0.39, 0.29) is 11.8 Å². The minimum absolute atomic E-state index is 0.136. The Kier molecular flexibility index (Phi) is 5.08. The highest BCUT2D eigenvalue weighted by atomic mass is 32.1. The maximum absolute atomic E-state index is 13.6. The SMILES string of the molecule is O=C(Nc1nccs1)[C@@H](c1ccccc1)N1Cc2ccc(-c3ccc4c(c3)CC=C4)cc2C1=O. The number of hydrogen-bond acceptors (Lipinski definition) is 4. The molecule has 1 aliphatic heterocycles. The molecule has 0 fully saturated rings. The van der Waals surface area contributed by atoms with Gasteiger partial charge in [0.25, 0.3) is 11.8 Å². The molecule has 1 aromatic heterocycles. The summed E-state index contributed by atoms with van der Waals surface area (Å²) in [5, 5.41) is 5.20. The maximum Gasteiger partial charge on any atom is 0.255 e. The Hall–Kier alpha value is -4.03. The van der Waals surface area contributed by atoms with Gasteiger partial charge in [-0.3, -0.25) is 14.9 Å². The molecule has 3 aromatic carbocycles. The van der Waals surface area contributed by atoms with Crippen LogP contribution in [0.15, 0.2) is 84.4 Å². The Morgan fingerprint density at radius 1 is 1.00 bits per heavy atom. The predicted molar refractivity (Wildman–Crippen MR) is 134 cm³/mol. The molecule has 0 saturated heterocycles. The van der Waals surface area contributed by atoms with Gasteiger partial charge in [0.15, 0.2) is 5.13 Å². The molecule has 1 atom stereocenters. The molecular formula is C28H21N3O2S. The van der Waals surface area contributed by atoms with Gasteiger partial charge in [-0.1, -0.05) is 72.8 Å². The fraction of sp³-hybridized carbons (Fsp3) is 0.107. The van der Waals surface area contributed by atoms with Gasteiger partial charge in [-0.25, -0.2) is 4.98 Å². The lowest BCUT2D eigenvalue weighted by atomic mass is 9.97. The quantitative estimate of drug-likeness (QED) is 0.412. The normalized spacial score (nSPS) is 14.7. The van der Waals surface area contributed by atoms with Crippen LogP contribution in [0, 0.1) is 0 Å². The number of carbonyl (C=O) groups excluding carboxylic acids is 2. The molecule has 0 saturated carbocycles. The number of carbonyl (C=O) groups is 2. The van der Waals surface area contributed by atoms with Crippen molar-refractivity contribution >= 4 is 34.4 Å². The first-order chi connectivity index (χ1) is 16.7. The van der Waals surface area contributed by atoms with E-state index in [9.17, 15) is 9.59 Å². The maximum atomic E-state index is 13.6. The van der Waals surface area contributed by atoms with Crippen molar-refractivity contribution in [3.8, 4) is 11.1 Å². The summed E-state index contributed by atoms with van der Waals surface area (Å²) < 4.78 is 0. The smallest absolute Gasteiger partial charge is 0.255 e. The number of anilines is 1. The van der Waals surface area contributed by atoms with Crippen LogP contribution in [0.3, 0.4) is 0 Å². The first-order valence-corrected chi connectivity index (χ1v) is 12.0. The van der Waals surface area contributed by atoms with E-state index in [1.54, 1.807) is 16.5 Å². The summed E-state index contributed by atoms with van der Waals surface area (Å²) in [5.41, 5.74) is 7.01. The molecule has 0 spiro atoms. The van der Waals surface area contributed by atoms with E-state index in [2.05, 4.69) is 46.7 Å². The van der Waals surface area contributed by atoms with E-state index < -0.39 is 6.04 Å². The molecule has 6 heteroatoms. The number of aromatic nitrogens is 1. The van der Waals surface area contributed by atoms with Crippen LogP contribution in [0.5, 0.6) is 0 Å². The summed E-state index contributed by atoms with van der Waals surface area (Å²) in [5.74, 6) is -0.406. The number of hydrogen-bond donors (Lipinski definition) is 1. The fourth-order valence-corrected chi connectivity index (χ4v) is 5.25. The Morgan fingerprint density at radius 3 is 2.65 bits per heavy atom. The zero-order chi connectivity index (χ0) is 23.1. The second-order valence-electron chi connectivity index (χ2n) is 8.46. The van der Waals surface area contributed by atoms with Gasteiger partial charge in [0, 0.05) is 23.7 Å². The van der Waals surface area contributed by atoms with Crippen LogP contribution in [-0.4, -0.2) is 21.7 Å². The number of amides is 2. The van der Waals surface area contributed by atoms with Crippen molar-refractivity contribution in [3.05, 3.63) is 112 Å². The molecule has 0 unspecified atom stereocenters. The van der Waals surface area contributed by atoms with Gasteiger partial charge in [-0.05, 0) is 45.9 Å². The fourth-order valence-electron chi connectivity index (χ4n) is 4.72. The minimum Gasteiger partial charge on any atom is -0.318 e. The number of rotatable bonds is 5. The van der Waals surface area contributed by atoms with E-state index >= 15 is 0 Å². The summed E-state index contributed by atoms with van der Waals surface area (Å²) in [6.45, 7) is 0.382. The lowest BCUT2D eigenvalue weighted by molar-refractivity contribution is -0.120. The van der Waals surface area contributed by atoms with Gasteiger partial charge in [-0.15, -0.1) is 11.3 Å². The molecule has 1 aliphatic carbocycles. The van der Waals surface area contributed by atoms with Crippen LogP contribution in [0.1, 0.15) is 38.7 Å². The van der Waals surface area contributed by atoms with Gasteiger partial charge >= 0.3 is 0 Å². The first kappa shape index (κ1) is 20.6. The van der Waals surface area contributed by atoms with E-state index in [1.807, 2.05) is 42.5 Å². The molecule has 2 aliphatic rings. The van der Waals surface area contributed by atoms with Crippen LogP contribution >= 0.6 is 11.3 Å². The standard InChI is InChI=1S/C28H21N3O2S/c32-26(30-28-29-13-14-34-28)25(19-5-2-1-3-6-19)31-17-23-12-11-22(16-24(23)27(31)33)21-10-9-18-7-4-8-20(18)15-21/h1-7,9-16,25H,8,17H2,(H,29,30,32)/t25-/m1/s1. The Bertz CT molecular complexity index is 1430. The number of fused-ring (bicyclic) bond motifs is 2. The van der Waals surface area contributed by atoms with E-state index in [4.69, 9.17) is 0 Å². The largest absolute Gasteiger partial charge is 0.318 e. The van der Waals surface area contributed by atoms with Crippen LogP contribution < -0.4 is 5.32 Å². The number of nitrogens with one attached hydrogen (secondary N) is 1. The van der Waals surface area contributed by atoms with Crippen LogP contribution in [0.4, 0.5) is 5.13 Å². The second kappa shape index (κ2) is 8.39. The van der Waals surface area contributed by atoms with Gasteiger partial charge < -0.3 is 4.90 Å².